The number of hydrogen-bond donors (Lipinski definition) is 1. The Kier molecular flexibility index (Phi) is 12.0. The van der Waals surface area contributed by atoms with Gasteiger partial charge in [0.05, 0.1) is 11.5 Å². The number of aromatic hydroxyl groups is 1. The summed E-state index contributed by atoms with van der Waals surface area (Å²) in [5.41, 5.74) is 7.85. The minimum absolute atomic E-state index is 0.161. The molecule has 0 amide bonds. The van der Waals surface area contributed by atoms with Crippen LogP contribution >= 0.6 is 15.9 Å². The molecule has 3 heterocycles. The number of hydrogen-bond acceptors (Lipinski definition) is 5. The number of halogens is 1. The predicted octanol–water partition coefficient (Wildman–Crippen LogP) is 8.31. The van der Waals surface area contributed by atoms with Gasteiger partial charge in [-0.1, -0.05) is 60.3 Å². The normalized spacial score (nSPS) is 11.9. The highest BCUT2D eigenvalue weighted by Gasteiger charge is 2.19. The second-order valence-corrected chi connectivity index (χ2v) is 9.88. The van der Waals surface area contributed by atoms with Crippen LogP contribution in [-0.4, -0.2) is 31.5 Å². The summed E-state index contributed by atoms with van der Waals surface area (Å²) in [6, 6.07) is 15.9. The molecule has 4 aromatic rings. The van der Waals surface area contributed by atoms with Gasteiger partial charge in [0.2, 0.25) is 5.88 Å². The molecule has 3 aromatic heterocycles. The van der Waals surface area contributed by atoms with Gasteiger partial charge in [0.15, 0.2) is 0 Å². The van der Waals surface area contributed by atoms with Crippen LogP contribution in [0, 0.1) is 25.7 Å². The van der Waals surface area contributed by atoms with Crippen molar-refractivity contribution in [2.45, 2.75) is 59.5 Å². The van der Waals surface area contributed by atoms with Crippen LogP contribution in [0.2, 0.25) is 0 Å². The Labute approximate surface area is 240 Å². The lowest BCUT2D eigenvalue weighted by Crippen LogP contribution is -2.24. The van der Waals surface area contributed by atoms with Crippen molar-refractivity contribution in [1.82, 2.24) is 15.0 Å². The van der Waals surface area contributed by atoms with Crippen LogP contribution in [0.3, 0.4) is 0 Å². The van der Waals surface area contributed by atoms with Crippen molar-refractivity contribution in [3.05, 3.63) is 90.1 Å². The van der Waals surface area contributed by atoms with Gasteiger partial charge in [0.25, 0.3) is 0 Å². The van der Waals surface area contributed by atoms with E-state index in [0.717, 1.165) is 24.3 Å². The molecule has 0 atom stereocenters. The molecule has 1 aromatic carbocycles. The Hall–Kier alpha value is -3.69. The van der Waals surface area contributed by atoms with Crippen LogP contribution in [0.5, 0.6) is 11.6 Å². The van der Waals surface area contributed by atoms with E-state index in [0.29, 0.717) is 17.1 Å². The summed E-state index contributed by atoms with van der Waals surface area (Å²) >= 11 is 3.17. The molecule has 1 N–H and O–H groups in total. The predicted molar refractivity (Wildman–Crippen MR) is 163 cm³/mol. The molecule has 6 heteroatoms. The minimum Gasteiger partial charge on any atom is -0.506 e. The van der Waals surface area contributed by atoms with E-state index in [1.54, 1.807) is 12.1 Å². The molecular formula is C33H36BrN3O2. The average molecular weight is 587 g/mol. The van der Waals surface area contributed by atoms with E-state index in [1.165, 1.54) is 46.9 Å². The molecule has 0 spiro atoms. The fourth-order valence-corrected chi connectivity index (χ4v) is 3.90. The third-order valence-electron chi connectivity index (χ3n) is 6.00. The molecule has 1 aliphatic rings. The van der Waals surface area contributed by atoms with Gasteiger partial charge >= 0.3 is 0 Å². The van der Waals surface area contributed by atoms with Gasteiger partial charge in [0.1, 0.15) is 17.5 Å². The lowest BCUT2D eigenvalue weighted by atomic mass is 9.95. The summed E-state index contributed by atoms with van der Waals surface area (Å²) in [6.45, 7) is 8.52. The van der Waals surface area contributed by atoms with E-state index in [-0.39, 0.29) is 5.75 Å². The number of alkyl halides is 1. The van der Waals surface area contributed by atoms with Crippen LogP contribution in [-0.2, 0) is 0 Å². The second-order valence-electron chi connectivity index (χ2n) is 9.32. The minimum atomic E-state index is 0.161. The highest BCUT2D eigenvalue weighted by molar-refractivity contribution is 9.09. The summed E-state index contributed by atoms with van der Waals surface area (Å²) in [7, 11) is 0. The molecule has 0 bridgehead atoms. The highest BCUT2D eigenvalue weighted by Crippen LogP contribution is 2.30. The average Bonchev–Trinajstić information content (AvgIpc) is 2.92. The molecule has 202 valence electrons. The molecule has 0 saturated heterocycles. The molecular weight excluding hydrogens is 550 g/mol. The maximum absolute atomic E-state index is 8.86. The van der Waals surface area contributed by atoms with E-state index in [9.17, 15) is 0 Å². The second kappa shape index (κ2) is 15.7. The smallest absolute Gasteiger partial charge is 0.213 e. The van der Waals surface area contributed by atoms with Crippen LogP contribution in [0.1, 0.15) is 56.4 Å². The Morgan fingerprint density at radius 3 is 2.23 bits per heavy atom. The largest absolute Gasteiger partial charge is 0.506 e. The molecule has 0 aliphatic heterocycles. The summed E-state index contributed by atoms with van der Waals surface area (Å²) in [6.07, 6.45) is 12.2. The van der Waals surface area contributed by atoms with Crippen LogP contribution in [0.25, 0.3) is 22.3 Å². The molecule has 1 saturated carbocycles. The van der Waals surface area contributed by atoms with Crippen molar-refractivity contribution in [1.29, 1.82) is 0 Å². The molecule has 5 rings (SSSR count). The van der Waals surface area contributed by atoms with Gasteiger partial charge in [0, 0.05) is 35.8 Å². The van der Waals surface area contributed by atoms with Crippen LogP contribution in [0.15, 0.2) is 73.3 Å². The quantitative estimate of drug-likeness (QED) is 0.192. The Morgan fingerprint density at radius 1 is 0.897 bits per heavy atom. The van der Waals surface area contributed by atoms with Gasteiger partial charge in [-0.25, -0.2) is 9.97 Å². The first-order valence-corrected chi connectivity index (χ1v) is 14.4. The van der Waals surface area contributed by atoms with Crippen molar-refractivity contribution in [2.24, 2.45) is 0 Å². The number of rotatable bonds is 4. The lowest BCUT2D eigenvalue weighted by molar-refractivity contribution is 0.114. The molecule has 1 aliphatic carbocycles. The van der Waals surface area contributed by atoms with Crippen molar-refractivity contribution in [3.63, 3.8) is 0 Å². The van der Waals surface area contributed by atoms with E-state index in [4.69, 9.17) is 9.84 Å². The maximum Gasteiger partial charge on any atom is 0.213 e. The number of nitrogens with zero attached hydrogens (tertiary/aromatic N) is 3. The maximum atomic E-state index is 8.86. The Balaban J connectivity index is 0.000000251. The number of pyridine rings is 3. The van der Waals surface area contributed by atoms with Crippen molar-refractivity contribution < 1.29 is 9.84 Å². The molecule has 39 heavy (non-hydrogen) atoms. The molecule has 0 unspecified atom stereocenters. The van der Waals surface area contributed by atoms with E-state index in [2.05, 4.69) is 94.7 Å². The zero-order valence-corrected chi connectivity index (χ0v) is 24.7. The molecule has 0 radical (unpaired) electrons. The number of aromatic nitrogens is 3. The Morgan fingerprint density at radius 2 is 1.67 bits per heavy atom. The highest BCUT2D eigenvalue weighted by atomic mass is 79.9. The zero-order chi connectivity index (χ0) is 28.0. The van der Waals surface area contributed by atoms with Crippen molar-refractivity contribution in [2.75, 3.05) is 5.33 Å². The standard InChI is InChI=1S/C22H22N2O.C8H6BrNO.C3H8/c1-15-10-11-23-14-21(15)20-8-6-17(12-16(20)2)18-7-9-22(24-13-18)25-19-4-3-5-19;9-5-1-2-7-3-4-8(11)6-10-7;1-3-2/h6-14,19H,3-5H2,1-2H3;3-4,6,11H,5H2;3H2,1-2H3. The number of ether oxygens (including phenoxy) is 1. The summed E-state index contributed by atoms with van der Waals surface area (Å²) in [5, 5.41) is 9.50. The Bertz CT molecular complexity index is 1370. The van der Waals surface area contributed by atoms with Gasteiger partial charge in [-0.3, -0.25) is 4.98 Å². The zero-order valence-electron chi connectivity index (χ0n) is 23.1. The third kappa shape index (κ3) is 9.23. The topological polar surface area (TPSA) is 68.1 Å². The monoisotopic (exact) mass is 585 g/mol. The summed E-state index contributed by atoms with van der Waals surface area (Å²) in [5.74, 6) is 6.50. The number of benzene rings is 1. The van der Waals surface area contributed by atoms with Crippen LogP contribution in [0.4, 0.5) is 0 Å². The fraction of sp³-hybridized carbons (Fsp3) is 0.303. The fourth-order valence-electron chi connectivity index (χ4n) is 3.76. The van der Waals surface area contributed by atoms with Gasteiger partial charge in [-0.15, -0.1) is 0 Å². The van der Waals surface area contributed by atoms with Crippen molar-refractivity contribution in [3.8, 4) is 45.7 Å². The lowest BCUT2D eigenvalue weighted by Gasteiger charge is -2.25. The summed E-state index contributed by atoms with van der Waals surface area (Å²) in [4.78, 5) is 12.6. The molecule has 1 fully saturated rings. The first kappa shape index (κ1) is 29.9. The first-order valence-electron chi connectivity index (χ1n) is 13.3. The SMILES string of the molecule is CCC.Cc1cc(-c2ccc(OC3CCC3)nc2)ccc1-c1cnccc1C.Oc1ccc(C#CCBr)nc1. The van der Waals surface area contributed by atoms with Gasteiger partial charge < -0.3 is 9.84 Å². The van der Waals surface area contributed by atoms with E-state index >= 15 is 0 Å². The van der Waals surface area contributed by atoms with E-state index < -0.39 is 0 Å². The van der Waals surface area contributed by atoms with Crippen LogP contribution < -0.4 is 4.74 Å². The number of aryl methyl sites for hydroxylation is 2. The third-order valence-corrected chi connectivity index (χ3v) is 6.28. The van der Waals surface area contributed by atoms with Gasteiger partial charge in [-0.2, -0.15) is 0 Å². The van der Waals surface area contributed by atoms with Gasteiger partial charge in [-0.05, 0) is 85.5 Å². The molecule has 5 nitrogen and oxygen atoms in total. The van der Waals surface area contributed by atoms with E-state index in [1.807, 2.05) is 30.7 Å². The first-order chi connectivity index (χ1) is 18.9. The summed E-state index contributed by atoms with van der Waals surface area (Å²) < 4.78 is 5.84. The van der Waals surface area contributed by atoms with Crippen molar-refractivity contribution >= 4 is 15.9 Å².